The monoisotopic (exact) mass is 369 g/mol. The van der Waals surface area contributed by atoms with Crippen molar-refractivity contribution in [1.82, 2.24) is 4.90 Å². The first-order valence-corrected chi connectivity index (χ1v) is 7.54. The van der Waals surface area contributed by atoms with Crippen molar-refractivity contribution in [2.75, 3.05) is 27.2 Å². The second-order valence-electron chi connectivity index (χ2n) is 5.06. The molecule has 0 amide bonds. The number of para-hydroxylation sites is 1. The van der Waals surface area contributed by atoms with Gasteiger partial charge in [-0.2, -0.15) is 0 Å². The lowest BCUT2D eigenvalue weighted by Crippen LogP contribution is -2.19. The molecule has 0 atom stereocenters. The first kappa shape index (κ1) is 18.0. The van der Waals surface area contributed by atoms with Gasteiger partial charge in [-0.05, 0) is 43.4 Å². The van der Waals surface area contributed by atoms with Gasteiger partial charge in [0.1, 0.15) is 12.4 Å². The van der Waals surface area contributed by atoms with E-state index in [-0.39, 0.29) is 12.4 Å². The third kappa shape index (κ3) is 6.08. The summed E-state index contributed by atoms with van der Waals surface area (Å²) in [4.78, 5) is 2.12. The van der Waals surface area contributed by atoms with Gasteiger partial charge in [0.25, 0.3) is 0 Å². The van der Waals surface area contributed by atoms with Gasteiger partial charge in [0, 0.05) is 17.4 Å². The Bertz CT molecular complexity index is 543. The average Bonchev–Trinajstić information content (AvgIpc) is 2.43. The summed E-state index contributed by atoms with van der Waals surface area (Å²) in [5, 5.41) is 0. The molecule has 21 heavy (non-hydrogen) atoms. The first-order chi connectivity index (χ1) is 9.65. The summed E-state index contributed by atoms with van der Waals surface area (Å²) in [6.07, 6.45) is 0.894. The molecule has 0 aliphatic heterocycles. The minimum absolute atomic E-state index is 0. The second-order valence-corrected chi connectivity index (χ2v) is 5.98. The molecule has 0 aliphatic carbocycles. The van der Waals surface area contributed by atoms with Gasteiger partial charge >= 0.3 is 0 Å². The van der Waals surface area contributed by atoms with Crippen LogP contribution in [0.4, 0.5) is 0 Å². The standard InChI is InChI=1S/C17H20BrNO.ClH/c1-19(2)11-12-20-17-6-4-3-5-15(17)13-14-7-9-16(18)10-8-14;/h3-10H,11-13H2,1-2H3;1H. The van der Waals surface area contributed by atoms with E-state index in [0.29, 0.717) is 6.61 Å². The quantitative estimate of drug-likeness (QED) is 0.747. The van der Waals surface area contributed by atoms with E-state index in [1.807, 2.05) is 12.1 Å². The lowest BCUT2D eigenvalue weighted by Gasteiger charge is -2.14. The molecule has 0 heterocycles. The normalized spacial score (nSPS) is 10.3. The molecule has 0 aromatic heterocycles. The van der Waals surface area contributed by atoms with E-state index in [0.717, 1.165) is 23.2 Å². The Kier molecular flexibility index (Phi) is 7.79. The molecule has 4 heteroatoms. The van der Waals surface area contributed by atoms with Crippen LogP contribution < -0.4 is 4.74 Å². The molecule has 0 radical (unpaired) electrons. The smallest absolute Gasteiger partial charge is 0.122 e. The van der Waals surface area contributed by atoms with E-state index >= 15 is 0 Å². The van der Waals surface area contributed by atoms with Crippen molar-refractivity contribution >= 4 is 28.3 Å². The first-order valence-electron chi connectivity index (χ1n) is 6.75. The summed E-state index contributed by atoms with van der Waals surface area (Å²) < 4.78 is 7.00. The fourth-order valence-corrected chi connectivity index (χ4v) is 2.22. The van der Waals surface area contributed by atoms with E-state index < -0.39 is 0 Å². The minimum atomic E-state index is 0. The molecule has 2 aromatic carbocycles. The van der Waals surface area contributed by atoms with Gasteiger partial charge in [0.15, 0.2) is 0 Å². The number of ether oxygens (including phenoxy) is 1. The topological polar surface area (TPSA) is 12.5 Å². The van der Waals surface area contributed by atoms with Crippen LogP contribution in [0.5, 0.6) is 5.75 Å². The van der Waals surface area contributed by atoms with Crippen molar-refractivity contribution in [3.05, 3.63) is 64.1 Å². The molecule has 0 spiro atoms. The van der Waals surface area contributed by atoms with E-state index in [2.05, 4.69) is 71.3 Å². The molecule has 0 bridgehead atoms. The van der Waals surface area contributed by atoms with E-state index in [1.165, 1.54) is 11.1 Å². The molecule has 2 rings (SSSR count). The SMILES string of the molecule is CN(C)CCOc1ccccc1Cc1ccc(Br)cc1.Cl. The van der Waals surface area contributed by atoms with Crippen LogP contribution in [0, 0.1) is 0 Å². The highest BCUT2D eigenvalue weighted by Crippen LogP contribution is 2.22. The molecule has 0 fully saturated rings. The van der Waals surface area contributed by atoms with E-state index in [9.17, 15) is 0 Å². The molecule has 0 saturated carbocycles. The van der Waals surface area contributed by atoms with Crippen molar-refractivity contribution in [2.45, 2.75) is 6.42 Å². The Morgan fingerprint density at radius 3 is 2.33 bits per heavy atom. The van der Waals surface area contributed by atoms with Gasteiger partial charge in [-0.3, -0.25) is 0 Å². The molecule has 0 unspecified atom stereocenters. The maximum absolute atomic E-state index is 5.89. The highest BCUT2D eigenvalue weighted by molar-refractivity contribution is 9.10. The zero-order chi connectivity index (χ0) is 14.4. The zero-order valence-corrected chi connectivity index (χ0v) is 14.8. The average molecular weight is 371 g/mol. The lowest BCUT2D eigenvalue weighted by molar-refractivity contribution is 0.260. The van der Waals surface area contributed by atoms with Crippen molar-refractivity contribution in [3.8, 4) is 5.75 Å². The summed E-state index contributed by atoms with van der Waals surface area (Å²) in [6.45, 7) is 1.64. The largest absolute Gasteiger partial charge is 0.492 e. The van der Waals surface area contributed by atoms with Gasteiger partial charge in [0.2, 0.25) is 0 Å². The highest BCUT2D eigenvalue weighted by Gasteiger charge is 2.04. The number of nitrogens with zero attached hydrogens (tertiary/aromatic N) is 1. The van der Waals surface area contributed by atoms with Crippen molar-refractivity contribution in [1.29, 1.82) is 0 Å². The van der Waals surface area contributed by atoms with E-state index in [1.54, 1.807) is 0 Å². The van der Waals surface area contributed by atoms with Gasteiger partial charge in [-0.1, -0.05) is 46.3 Å². The summed E-state index contributed by atoms with van der Waals surface area (Å²) in [5.74, 6) is 0.984. The van der Waals surface area contributed by atoms with Crippen molar-refractivity contribution in [3.63, 3.8) is 0 Å². The molecule has 0 aliphatic rings. The fourth-order valence-electron chi connectivity index (χ4n) is 1.95. The Morgan fingerprint density at radius 2 is 1.67 bits per heavy atom. The number of hydrogen-bond donors (Lipinski definition) is 0. The molecule has 2 aromatic rings. The number of benzene rings is 2. The third-order valence-corrected chi connectivity index (χ3v) is 3.61. The van der Waals surface area contributed by atoms with E-state index in [4.69, 9.17) is 4.74 Å². The lowest BCUT2D eigenvalue weighted by atomic mass is 10.0. The number of halogens is 2. The zero-order valence-electron chi connectivity index (χ0n) is 12.4. The molecular formula is C17H21BrClNO. The van der Waals surface area contributed by atoms with Gasteiger partial charge < -0.3 is 9.64 Å². The Labute approximate surface area is 141 Å². The summed E-state index contributed by atoms with van der Waals surface area (Å²) in [7, 11) is 4.11. The van der Waals surface area contributed by atoms with Crippen LogP contribution in [0.1, 0.15) is 11.1 Å². The van der Waals surface area contributed by atoms with Crippen LogP contribution in [-0.4, -0.2) is 32.1 Å². The third-order valence-electron chi connectivity index (χ3n) is 3.08. The number of hydrogen-bond acceptors (Lipinski definition) is 2. The second kappa shape index (κ2) is 9.08. The fraction of sp³-hybridized carbons (Fsp3) is 0.294. The molecule has 0 N–H and O–H groups in total. The molecule has 0 saturated heterocycles. The van der Waals surface area contributed by atoms with Gasteiger partial charge in [0.05, 0.1) is 0 Å². The highest BCUT2D eigenvalue weighted by atomic mass is 79.9. The maximum Gasteiger partial charge on any atom is 0.122 e. The van der Waals surface area contributed by atoms with Crippen LogP contribution in [0.15, 0.2) is 53.0 Å². The number of rotatable bonds is 6. The van der Waals surface area contributed by atoms with Crippen LogP contribution in [-0.2, 0) is 6.42 Å². The molecule has 114 valence electrons. The van der Waals surface area contributed by atoms with Crippen LogP contribution in [0.3, 0.4) is 0 Å². The van der Waals surface area contributed by atoms with Crippen LogP contribution in [0.2, 0.25) is 0 Å². The Morgan fingerprint density at radius 1 is 1.00 bits per heavy atom. The molecule has 2 nitrogen and oxygen atoms in total. The van der Waals surface area contributed by atoms with Crippen LogP contribution in [0.25, 0.3) is 0 Å². The van der Waals surface area contributed by atoms with Gasteiger partial charge in [-0.15, -0.1) is 12.4 Å². The summed E-state index contributed by atoms with van der Waals surface area (Å²) in [6, 6.07) is 16.7. The predicted molar refractivity (Wildman–Crippen MR) is 94.7 cm³/mol. The minimum Gasteiger partial charge on any atom is -0.492 e. The van der Waals surface area contributed by atoms with Crippen LogP contribution >= 0.6 is 28.3 Å². The van der Waals surface area contributed by atoms with Crippen molar-refractivity contribution < 1.29 is 4.74 Å². The number of likely N-dealkylation sites (N-methyl/N-ethyl adjacent to an activating group) is 1. The van der Waals surface area contributed by atoms with Crippen molar-refractivity contribution in [2.24, 2.45) is 0 Å². The maximum atomic E-state index is 5.89. The Hall–Kier alpha value is -1.03. The summed E-state index contributed by atoms with van der Waals surface area (Å²) >= 11 is 3.46. The molecular weight excluding hydrogens is 350 g/mol. The predicted octanol–water partition coefficient (Wildman–Crippen LogP) is 4.40. The van der Waals surface area contributed by atoms with Gasteiger partial charge in [-0.25, -0.2) is 0 Å². The Balaban J connectivity index is 0.00000220. The summed E-state index contributed by atoms with van der Waals surface area (Å²) in [5.41, 5.74) is 2.52.